The van der Waals surface area contributed by atoms with Gasteiger partial charge in [-0.15, -0.1) is 10.2 Å². The van der Waals surface area contributed by atoms with Crippen LogP contribution in [0.25, 0.3) is 5.65 Å². The maximum atomic E-state index is 5.81. The highest BCUT2D eigenvalue weighted by molar-refractivity contribution is 5.36. The molecule has 2 atom stereocenters. The quantitative estimate of drug-likeness (QED) is 0.915. The molecule has 3 rings (SSSR count). The Labute approximate surface area is 125 Å². The Morgan fingerprint density at radius 3 is 3.14 bits per heavy atom. The van der Waals surface area contributed by atoms with Crippen LogP contribution in [-0.4, -0.2) is 39.9 Å². The van der Waals surface area contributed by atoms with Crippen molar-refractivity contribution in [1.82, 2.24) is 19.9 Å². The number of hydrogen-bond acceptors (Lipinski definition) is 4. The molecule has 1 N–H and O–H groups in total. The molecule has 0 aromatic carbocycles. The molecule has 114 valence electrons. The summed E-state index contributed by atoms with van der Waals surface area (Å²) in [6.45, 7) is 6.27. The van der Waals surface area contributed by atoms with Crippen molar-refractivity contribution in [2.45, 2.75) is 45.3 Å². The molecule has 1 fully saturated rings. The molecule has 0 radical (unpaired) electrons. The fourth-order valence-electron chi connectivity index (χ4n) is 2.93. The first kappa shape index (κ1) is 14.5. The molecule has 2 unspecified atom stereocenters. The Morgan fingerprint density at radius 2 is 2.29 bits per heavy atom. The molecule has 1 aliphatic rings. The van der Waals surface area contributed by atoms with E-state index in [1.807, 2.05) is 24.4 Å². The second kappa shape index (κ2) is 6.54. The number of pyridine rings is 1. The lowest BCUT2D eigenvalue weighted by atomic mass is 9.95. The topological polar surface area (TPSA) is 51.5 Å². The molecular formula is C16H24N4O. The van der Waals surface area contributed by atoms with E-state index in [-0.39, 0.29) is 0 Å². The fraction of sp³-hybridized carbons (Fsp3) is 0.625. The van der Waals surface area contributed by atoms with E-state index in [2.05, 4.69) is 33.8 Å². The normalized spacial score (nSPS) is 23.0. The van der Waals surface area contributed by atoms with Crippen LogP contribution in [0.4, 0.5) is 0 Å². The molecule has 5 heteroatoms. The molecule has 2 aromatic heterocycles. The summed E-state index contributed by atoms with van der Waals surface area (Å²) in [4.78, 5) is 0. The van der Waals surface area contributed by atoms with E-state index in [0.29, 0.717) is 18.1 Å². The summed E-state index contributed by atoms with van der Waals surface area (Å²) in [5.74, 6) is 1.61. The van der Waals surface area contributed by atoms with Crippen LogP contribution in [0.2, 0.25) is 0 Å². The first-order valence-electron chi connectivity index (χ1n) is 7.87. The van der Waals surface area contributed by atoms with Crippen molar-refractivity contribution >= 4 is 5.65 Å². The first-order chi connectivity index (χ1) is 10.2. The Balaban J connectivity index is 1.52. The summed E-state index contributed by atoms with van der Waals surface area (Å²) < 4.78 is 7.87. The van der Waals surface area contributed by atoms with E-state index >= 15 is 0 Å². The Bertz CT molecular complexity index is 580. The van der Waals surface area contributed by atoms with Crippen molar-refractivity contribution < 1.29 is 4.74 Å². The molecule has 5 nitrogen and oxygen atoms in total. The number of nitrogens with one attached hydrogen (secondary N) is 1. The van der Waals surface area contributed by atoms with Gasteiger partial charge in [-0.05, 0) is 30.9 Å². The van der Waals surface area contributed by atoms with E-state index in [9.17, 15) is 0 Å². The van der Waals surface area contributed by atoms with Gasteiger partial charge in [-0.3, -0.25) is 4.40 Å². The average molecular weight is 288 g/mol. The van der Waals surface area contributed by atoms with Gasteiger partial charge in [0.2, 0.25) is 0 Å². The zero-order chi connectivity index (χ0) is 14.7. The van der Waals surface area contributed by atoms with Crippen LogP contribution < -0.4 is 5.32 Å². The van der Waals surface area contributed by atoms with Gasteiger partial charge in [-0.25, -0.2) is 0 Å². The smallest absolute Gasteiger partial charge is 0.160 e. The minimum Gasteiger partial charge on any atom is -0.378 e. The SMILES string of the molecule is CC(C)C1CC(NCCc2nnc3ccccn23)CCO1. The third-order valence-electron chi connectivity index (χ3n) is 4.22. The van der Waals surface area contributed by atoms with Crippen LogP contribution in [0.3, 0.4) is 0 Å². The van der Waals surface area contributed by atoms with Crippen LogP contribution in [0.5, 0.6) is 0 Å². The van der Waals surface area contributed by atoms with Gasteiger partial charge in [0.1, 0.15) is 5.82 Å². The molecule has 21 heavy (non-hydrogen) atoms. The first-order valence-corrected chi connectivity index (χ1v) is 7.87. The van der Waals surface area contributed by atoms with Crippen LogP contribution in [0.15, 0.2) is 24.4 Å². The second-order valence-corrected chi connectivity index (χ2v) is 6.12. The maximum absolute atomic E-state index is 5.81. The van der Waals surface area contributed by atoms with Gasteiger partial charge in [0.05, 0.1) is 6.10 Å². The lowest BCUT2D eigenvalue weighted by Crippen LogP contribution is -2.41. The number of hydrogen-bond donors (Lipinski definition) is 1. The summed E-state index contributed by atoms with van der Waals surface area (Å²) in [5, 5.41) is 12.1. The number of fused-ring (bicyclic) bond motifs is 1. The van der Waals surface area contributed by atoms with Gasteiger partial charge in [-0.1, -0.05) is 19.9 Å². The third-order valence-corrected chi connectivity index (χ3v) is 4.22. The molecule has 2 aromatic rings. The second-order valence-electron chi connectivity index (χ2n) is 6.12. The summed E-state index contributed by atoms with van der Waals surface area (Å²) in [7, 11) is 0. The van der Waals surface area contributed by atoms with Gasteiger partial charge in [-0.2, -0.15) is 0 Å². The van der Waals surface area contributed by atoms with E-state index in [1.165, 1.54) is 0 Å². The minimum absolute atomic E-state index is 0.394. The highest BCUT2D eigenvalue weighted by Gasteiger charge is 2.24. The molecular weight excluding hydrogens is 264 g/mol. The lowest BCUT2D eigenvalue weighted by Gasteiger charge is -2.32. The molecule has 3 heterocycles. The van der Waals surface area contributed by atoms with Crippen LogP contribution in [-0.2, 0) is 11.2 Å². The Hall–Kier alpha value is -1.46. The van der Waals surface area contributed by atoms with Crippen molar-refractivity contribution in [1.29, 1.82) is 0 Å². The van der Waals surface area contributed by atoms with Gasteiger partial charge in [0.15, 0.2) is 5.65 Å². The fourth-order valence-corrected chi connectivity index (χ4v) is 2.93. The molecule has 1 saturated heterocycles. The van der Waals surface area contributed by atoms with Gasteiger partial charge < -0.3 is 10.1 Å². The maximum Gasteiger partial charge on any atom is 0.160 e. The van der Waals surface area contributed by atoms with Crippen molar-refractivity contribution in [2.24, 2.45) is 5.92 Å². The third kappa shape index (κ3) is 3.41. The van der Waals surface area contributed by atoms with E-state index in [4.69, 9.17) is 4.74 Å². The highest BCUT2D eigenvalue weighted by atomic mass is 16.5. The number of rotatable bonds is 5. The van der Waals surface area contributed by atoms with Crippen molar-refractivity contribution in [3.8, 4) is 0 Å². The standard InChI is InChI=1S/C16H24N4O/c1-12(2)14-11-13(7-10-21-14)17-8-6-16-19-18-15-5-3-4-9-20(15)16/h3-5,9,12-14,17H,6-8,10-11H2,1-2H3. The average Bonchev–Trinajstić information content (AvgIpc) is 2.91. The predicted molar refractivity (Wildman–Crippen MR) is 82.3 cm³/mol. The van der Waals surface area contributed by atoms with Crippen molar-refractivity contribution in [2.75, 3.05) is 13.2 Å². The highest BCUT2D eigenvalue weighted by Crippen LogP contribution is 2.20. The summed E-state index contributed by atoms with van der Waals surface area (Å²) >= 11 is 0. The molecule has 0 bridgehead atoms. The van der Waals surface area contributed by atoms with E-state index in [1.54, 1.807) is 0 Å². The zero-order valence-electron chi connectivity index (χ0n) is 12.8. The summed E-state index contributed by atoms with van der Waals surface area (Å²) in [6.07, 6.45) is 5.52. The molecule has 0 aliphatic carbocycles. The van der Waals surface area contributed by atoms with E-state index in [0.717, 1.165) is 43.9 Å². The molecule has 0 spiro atoms. The zero-order valence-corrected chi connectivity index (χ0v) is 12.8. The van der Waals surface area contributed by atoms with Gasteiger partial charge >= 0.3 is 0 Å². The van der Waals surface area contributed by atoms with Crippen LogP contribution in [0, 0.1) is 5.92 Å². The monoisotopic (exact) mass is 288 g/mol. The largest absolute Gasteiger partial charge is 0.378 e. The Kier molecular flexibility index (Phi) is 4.51. The van der Waals surface area contributed by atoms with Gasteiger partial charge in [0.25, 0.3) is 0 Å². The van der Waals surface area contributed by atoms with E-state index < -0.39 is 0 Å². The van der Waals surface area contributed by atoms with Crippen molar-refractivity contribution in [3.05, 3.63) is 30.2 Å². The molecule has 0 saturated carbocycles. The van der Waals surface area contributed by atoms with Crippen LogP contribution in [0.1, 0.15) is 32.5 Å². The Morgan fingerprint density at radius 1 is 1.38 bits per heavy atom. The van der Waals surface area contributed by atoms with Gasteiger partial charge in [0, 0.05) is 31.8 Å². The number of nitrogens with zero attached hydrogens (tertiary/aromatic N) is 3. The van der Waals surface area contributed by atoms with Crippen molar-refractivity contribution in [3.63, 3.8) is 0 Å². The molecule has 0 amide bonds. The minimum atomic E-state index is 0.394. The summed E-state index contributed by atoms with van der Waals surface area (Å²) in [5.41, 5.74) is 0.915. The summed E-state index contributed by atoms with van der Waals surface area (Å²) in [6, 6.07) is 6.54. The molecule has 1 aliphatic heterocycles. The number of ether oxygens (including phenoxy) is 1. The number of aromatic nitrogens is 3. The van der Waals surface area contributed by atoms with Crippen LogP contribution >= 0.6 is 0 Å². The predicted octanol–water partition coefficient (Wildman–Crippen LogP) is 2.06. The lowest BCUT2D eigenvalue weighted by molar-refractivity contribution is -0.0242.